The van der Waals surface area contributed by atoms with E-state index in [-0.39, 0.29) is 23.8 Å². The number of hydrogen-bond donors (Lipinski definition) is 0. The number of aryl methyl sites for hydroxylation is 2. The van der Waals surface area contributed by atoms with Crippen LogP contribution < -0.4 is 15.0 Å². The van der Waals surface area contributed by atoms with Crippen LogP contribution in [0.25, 0.3) is 0 Å². The van der Waals surface area contributed by atoms with Crippen molar-refractivity contribution < 1.29 is 14.3 Å². The SMILES string of the molecule is Cc1ccn(Cc2ccc3c(c2)OCO3)c(=O)c1C(=O)N1CCCc2ccccc2C1. The Hall–Kier alpha value is -3.54. The molecule has 1 aromatic heterocycles. The van der Waals surface area contributed by atoms with E-state index in [2.05, 4.69) is 12.1 Å². The molecule has 0 unspecified atom stereocenters. The summed E-state index contributed by atoms with van der Waals surface area (Å²) < 4.78 is 12.4. The highest BCUT2D eigenvalue weighted by Gasteiger charge is 2.24. The monoisotopic (exact) mass is 416 g/mol. The van der Waals surface area contributed by atoms with Gasteiger partial charge < -0.3 is 18.9 Å². The van der Waals surface area contributed by atoms with E-state index in [0.717, 1.165) is 24.0 Å². The number of nitrogens with zero attached hydrogens (tertiary/aromatic N) is 2. The molecule has 5 rings (SSSR count). The van der Waals surface area contributed by atoms with Crippen LogP contribution in [0.4, 0.5) is 0 Å². The fraction of sp³-hybridized carbons (Fsp3) is 0.280. The van der Waals surface area contributed by atoms with Crippen molar-refractivity contribution in [1.82, 2.24) is 9.47 Å². The standard InChI is InChI=1S/C25H24N2O4/c1-17-10-12-27(14-18-8-9-21-22(13-18)31-16-30-21)25(29)23(17)24(28)26-11-4-7-19-5-2-3-6-20(19)15-26/h2-3,5-6,8-10,12-13H,4,7,11,14-16H2,1H3. The molecule has 3 aromatic rings. The minimum atomic E-state index is -0.264. The molecule has 0 saturated carbocycles. The van der Waals surface area contributed by atoms with Gasteiger partial charge in [-0.25, -0.2) is 0 Å². The van der Waals surface area contributed by atoms with Gasteiger partial charge >= 0.3 is 0 Å². The Bertz CT molecular complexity index is 1210. The molecule has 158 valence electrons. The van der Waals surface area contributed by atoms with Gasteiger partial charge in [0, 0.05) is 19.3 Å². The van der Waals surface area contributed by atoms with Gasteiger partial charge in [-0.05, 0) is 60.2 Å². The van der Waals surface area contributed by atoms with E-state index in [1.165, 1.54) is 5.56 Å². The predicted molar refractivity (Wildman–Crippen MR) is 117 cm³/mol. The smallest absolute Gasteiger partial charge is 0.263 e. The molecule has 2 aromatic carbocycles. The van der Waals surface area contributed by atoms with Crippen LogP contribution in [0.2, 0.25) is 0 Å². The molecular weight excluding hydrogens is 392 g/mol. The van der Waals surface area contributed by atoms with Gasteiger partial charge in [0.05, 0.1) is 6.54 Å². The Morgan fingerprint density at radius 1 is 1.03 bits per heavy atom. The zero-order valence-corrected chi connectivity index (χ0v) is 17.5. The quantitative estimate of drug-likeness (QED) is 0.656. The second-order valence-corrected chi connectivity index (χ2v) is 8.09. The molecule has 3 heterocycles. The molecule has 31 heavy (non-hydrogen) atoms. The Morgan fingerprint density at radius 3 is 2.71 bits per heavy atom. The Labute approximate surface area is 180 Å². The van der Waals surface area contributed by atoms with E-state index in [9.17, 15) is 9.59 Å². The van der Waals surface area contributed by atoms with Crippen LogP contribution in [0, 0.1) is 6.92 Å². The van der Waals surface area contributed by atoms with Gasteiger partial charge in [0.15, 0.2) is 11.5 Å². The third-order valence-corrected chi connectivity index (χ3v) is 6.02. The minimum Gasteiger partial charge on any atom is -0.454 e. The normalized spacial score (nSPS) is 14.8. The highest BCUT2D eigenvalue weighted by molar-refractivity contribution is 5.95. The second kappa shape index (κ2) is 7.95. The lowest BCUT2D eigenvalue weighted by Gasteiger charge is -2.22. The average Bonchev–Trinajstić information content (AvgIpc) is 3.13. The number of benzene rings is 2. The van der Waals surface area contributed by atoms with Crippen LogP contribution in [0.3, 0.4) is 0 Å². The van der Waals surface area contributed by atoms with Crippen molar-refractivity contribution in [1.29, 1.82) is 0 Å². The van der Waals surface area contributed by atoms with Crippen LogP contribution in [-0.4, -0.2) is 28.7 Å². The molecule has 6 heteroatoms. The molecule has 0 saturated heterocycles. The summed E-state index contributed by atoms with van der Waals surface area (Å²) in [6.45, 7) is 3.57. The summed E-state index contributed by atoms with van der Waals surface area (Å²) in [5.41, 5.74) is 4.04. The van der Waals surface area contributed by atoms with Gasteiger partial charge in [0.2, 0.25) is 6.79 Å². The van der Waals surface area contributed by atoms with Gasteiger partial charge in [-0.2, -0.15) is 0 Å². The molecule has 2 aliphatic heterocycles. The highest BCUT2D eigenvalue weighted by Crippen LogP contribution is 2.32. The van der Waals surface area contributed by atoms with Crippen LogP contribution >= 0.6 is 0 Å². The van der Waals surface area contributed by atoms with Gasteiger partial charge in [-0.1, -0.05) is 30.3 Å². The molecule has 0 bridgehead atoms. The summed E-state index contributed by atoms with van der Waals surface area (Å²) in [5, 5.41) is 0. The largest absolute Gasteiger partial charge is 0.454 e. The topological polar surface area (TPSA) is 60.8 Å². The molecule has 2 aliphatic rings. The number of ether oxygens (including phenoxy) is 2. The number of pyridine rings is 1. The van der Waals surface area contributed by atoms with Crippen molar-refractivity contribution in [3.05, 3.63) is 92.9 Å². The fourth-order valence-corrected chi connectivity index (χ4v) is 4.32. The first kappa shape index (κ1) is 19.4. The van der Waals surface area contributed by atoms with E-state index >= 15 is 0 Å². The van der Waals surface area contributed by atoms with E-state index in [0.29, 0.717) is 36.7 Å². The number of rotatable bonds is 3. The van der Waals surface area contributed by atoms with Gasteiger partial charge in [0.25, 0.3) is 11.5 Å². The number of carbonyl (C=O) groups is 1. The van der Waals surface area contributed by atoms with E-state index < -0.39 is 0 Å². The van der Waals surface area contributed by atoms with Crippen molar-refractivity contribution in [2.24, 2.45) is 0 Å². The fourth-order valence-electron chi connectivity index (χ4n) is 4.32. The first-order chi connectivity index (χ1) is 15.1. The maximum atomic E-state index is 13.4. The maximum absolute atomic E-state index is 13.4. The Balaban J connectivity index is 1.44. The van der Waals surface area contributed by atoms with Gasteiger partial charge in [0.1, 0.15) is 5.56 Å². The van der Waals surface area contributed by atoms with Crippen LogP contribution in [-0.2, 0) is 19.5 Å². The van der Waals surface area contributed by atoms with Crippen molar-refractivity contribution in [2.75, 3.05) is 13.3 Å². The summed E-state index contributed by atoms with van der Waals surface area (Å²) in [7, 11) is 0. The maximum Gasteiger partial charge on any atom is 0.263 e. The first-order valence-electron chi connectivity index (χ1n) is 10.5. The van der Waals surface area contributed by atoms with Crippen molar-refractivity contribution >= 4 is 5.91 Å². The molecule has 0 N–H and O–H groups in total. The molecule has 0 atom stereocenters. The van der Waals surface area contributed by atoms with Gasteiger partial charge in [-0.3, -0.25) is 9.59 Å². The van der Waals surface area contributed by atoms with E-state index in [4.69, 9.17) is 9.47 Å². The van der Waals surface area contributed by atoms with Crippen LogP contribution in [0.1, 0.15) is 39.0 Å². The minimum absolute atomic E-state index is 0.195. The van der Waals surface area contributed by atoms with Crippen LogP contribution in [0.15, 0.2) is 59.5 Å². The van der Waals surface area contributed by atoms with Crippen molar-refractivity contribution in [3.63, 3.8) is 0 Å². The molecule has 0 aliphatic carbocycles. The second-order valence-electron chi connectivity index (χ2n) is 8.09. The van der Waals surface area contributed by atoms with Gasteiger partial charge in [-0.15, -0.1) is 0 Å². The predicted octanol–water partition coefficient (Wildman–Crippen LogP) is 3.52. The lowest BCUT2D eigenvalue weighted by Crippen LogP contribution is -2.37. The molecule has 0 radical (unpaired) electrons. The molecule has 6 nitrogen and oxygen atoms in total. The average molecular weight is 416 g/mol. The zero-order valence-electron chi connectivity index (χ0n) is 17.5. The third-order valence-electron chi connectivity index (χ3n) is 6.02. The highest BCUT2D eigenvalue weighted by atomic mass is 16.7. The first-order valence-corrected chi connectivity index (χ1v) is 10.5. The summed E-state index contributed by atoms with van der Waals surface area (Å²) in [4.78, 5) is 28.5. The molecular formula is C25H24N2O4. The lowest BCUT2D eigenvalue weighted by atomic mass is 10.0. The summed E-state index contributed by atoms with van der Waals surface area (Å²) in [5.74, 6) is 1.19. The summed E-state index contributed by atoms with van der Waals surface area (Å²) in [6, 6.07) is 15.7. The van der Waals surface area contributed by atoms with E-state index in [1.54, 1.807) is 15.7 Å². The Kier molecular flexibility index (Phi) is 4.98. The van der Waals surface area contributed by atoms with Crippen molar-refractivity contribution in [3.8, 4) is 11.5 Å². The lowest BCUT2D eigenvalue weighted by molar-refractivity contribution is 0.0742. The number of aromatic nitrogens is 1. The number of fused-ring (bicyclic) bond motifs is 2. The summed E-state index contributed by atoms with van der Waals surface area (Å²) >= 11 is 0. The summed E-state index contributed by atoms with van der Waals surface area (Å²) in [6.07, 6.45) is 3.58. The third kappa shape index (κ3) is 3.69. The van der Waals surface area contributed by atoms with Crippen LogP contribution in [0.5, 0.6) is 11.5 Å². The number of amides is 1. The molecule has 0 spiro atoms. The molecule has 0 fully saturated rings. The van der Waals surface area contributed by atoms with Crippen molar-refractivity contribution in [2.45, 2.75) is 32.9 Å². The Morgan fingerprint density at radius 2 is 1.84 bits per heavy atom. The zero-order chi connectivity index (χ0) is 21.4. The molecule has 1 amide bonds. The number of hydrogen-bond acceptors (Lipinski definition) is 4. The number of carbonyl (C=O) groups excluding carboxylic acids is 1. The van der Waals surface area contributed by atoms with E-state index in [1.807, 2.05) is 43.3 Å².